The number of rotatable bonds is 7. The summed E-state index contributed by atoms with van der Waals surface area (Å²) in [6, 6.07) is 7.66. The SMILES string of the molecule is COCCCNC(=O)CN(C)c1cnc2ccccc2n1. The predicted octanol–water partition coefficient (Wildman–Crippen LogP) is 1.22. The van der Waals surface area contributed by atoms with Crippen molar-refractivity contribution < 1.29 is 9.53 Å². The van der Waals surface area contributed by atoms with Crippen LogP contribution in [0.15, 0.2) is 30.5 Å². The Morgan fingerprint density at radius 1 is 1.33 bits per heavy atom. The first kappa shape index (κ1) is 15.2. The van der Waals surface area contributed by atoms with Gasteiger partial charge in [-0.25, -0.2) is 4.98 Å². The lowest BCUT2D eigenvalue weighted by atomic mass is 10.3. The van der Waals surface area contributed by atoms with Gasteiger partial charge in [-0.15, -0.1) is 0 Å². The molecule has 1 heterocycles. The lowest BCUT2D eigenvalue weighted by Crippen LogP contribution is -2.36. The van der Waals surface area contributed by atoms with Gasteiger partial charge in [0.2, 0.25) is 5.91 Å². The van der Waals surface area contributed by atoms with Crippen LogP contribution >= 0.6 is 0 Å². The molecule has 0 aliphatic rings. The molecule has 1 aromatic carbocycles. The van der Waals surface area contributed by atoms with E-state index in [1.54, 1.807) is 18.2 Å². The lowest BCUT2D eigenvalue weighted by Gasteiger charge is -2.17. The van der Waals surface area contributed by atoms with Gasteiger partial charge in [0.05, 0.1) is 23.8 Å². The van der Waals surface area contributed by atoms with E-state index in [1.807, 2.05) is 31.3 Å². The number of hydrogen-bond donors (Lipinski definition) is 1. The highest BCUT2D eigenvalue weighted by molar-refractivity contribution is 5.81. The van der Waals surface area contributed by atoms with E-state index in [2.05, 4.69) is 15.3 Å². The molecule has 112 valence electrons. The van der Waals surface area contributed by atoms with Crippen LogP contribution in [0.5, 0.6) is 0 Å². The molecular formula is C15H20N4O2. The smallest absolute Gasteiger partial charge is 0.239 e. The van der Waals surface area contributed by atoms with E-state index in [9.17, 15) is 4.79 Å². The minimum absolute atomic E-state index is 0.0384. The minimum Gasteiger partial charge on any atom is -0.385 e. The zero-order valence-electron chi connectivity index (χ0n) is 12.4. The standard InChI is InChI=1S/C15H20N4O2/c1-19(11-15(20)16-8-5-9-21-2)14-10-17-12-6-3-4-7-13(12)18-14/h3-4,6-7,10H,5,8-9,11H2,1-2H3,(H,16,20). The van der Waals surface area contributed by atoms with Gasteiger partial charge in [-0.2, -0.15) is 0 Å². The molecule has 21 heavy (non-hydrogen) atoms. The molecule has 0 radical (unpaired) electrons. The Labute approximate surface area is 124 Å². The quantitative estimate of drug-likeness (QED) is 0.776. The van der Waals surface area contributed by atoms with Gasteiger partial charge in [0.25, 0.3) is 0 Å². The third-order valence-electron chi connectivity index (χ3n) is 3.06. The molecule has 0 saturated carbocycles. The predicted molar refractivity (Wildman–Crippen MR) is 82.3 cm³/mol. The number of methoxy groups -OCH3 is 1. The second-order valence-corrected chi connectivity index (χ2v) is 4.77. The van der Waals surface area contributed by atoms with Crippen molar-refractivity contribution in [3.05, 3.63) is 30.5 Å². The molecule has 0 aliphatic heterocycles. The Hall–Kier alpha value is -2.21. The highest BCUT2D eigenvalue weighted by atomic mass is 16.5. The second-order valence-electron chi connectivity index (χ2n) is 4.77. The van der Waals surface area contributed by atoms with Gasteiger partial charge >= 0.3 is 0 Å². The van der Waals surface area contributed by atoms with Crippen LogP contribution in [0.3, 0.4) is 0 Å². The van der Waals surface area contributed by atoms with E-state index in [4.69, 9.17) is 4.74 Å². The zero-order valence-corrected chi connectivity index (χ0v) is 12.4. The zero-order chi connectivity index (χ0) is 15.1. The molecule has 1 aromatic heterocycles. The number of likely N-dealkylation sites (N-methyl/N-ethyl adjacent to an activating group) is 1. The first-order chi connectivity index (χ1) is 10.2. The summed E-state index contributed by atoms with van der Waals surface area (Å²) in [5.41, 5.74) is 1.67. The van der Waals surface area contributed by atoms with Gasteiger partial charge in [-0.3, -0.25) is 9.78 Å². The number of amides is 1. The molecule has 2 rings (SSSR count). The molecule has 2 aromatic rings. The van der Waals surface area contributed by atoms with Crippen molar-refractivity contribution in [2.45, 2.75) is 6.42 Å². The van der Waals surface area contributed by atoms with Gasteiger partial charge in [0, 0.05) is 27.3 Å². The summed E-state index contributed by atoms with van der Waals surface area (Å²) in [7, 11) is 3.47. The lowest BCUT2D eigenvalue weighted by molar-refractivity contribution is -0.119. The van der Waals surface area contributed by atoms with Crippen LogP contribution in [0, 0.1) is 0 Å². The number of para-hydroxylation sites is 2. The highest BCUT2D eigenvalue weighted by Gasteiger charge is 2.09. The molecule has 0 saturated heterocycles. The van der Waals surface area contributed by atoms with Crippen molar-refractivity contribution in [2.75, 3.05) is 38.8 Å². The molecule has 6 heteroatoms. The Morgan fingerprint density at radius 3 is 2.86 bits per heavy atom. The summed E-state index contributed by atoms with van der Waals surface area (Å²) < 4.78 is 4.93. The normalized spacial score (nSPS) is 10.6. The van der Waals surface area contributed by atoms with Gasteiger partial charge < -0.3 is 15.0 Å². The number of aromatic nitrogens is 2. The van der Waals surface area contributed by atoms with Gasteiger partial charge in [-0.1, -0.05) is 12.1 Å². The van der Waals surface area contributed by atoms with Gasteiger partial charge in [0.15, 0.2) is 0 Å². The Bertz CT molecular complexity index is 603. The first-order valence-corrected chi connectivity index (χ1v) is 6.89. The van der Waals surface area contributed by atoms with Crippen LogP contribution in [0.4, 0.5) is 5.82 Å². The number of anilines is 1. The van der Waals surface area contributed by atoms with Crippen LogP contribution in [0.1, 0.15) is 6.42 Å². The largest absolute Gasteiger partial charge is 0.385 e. The van der Waals surface area contributed by atoms with Gasteiger partial charge in [0.1, 0.15) is 5.82 Å². The fourth-order valence-corrected chi connectivity index (χ4v) is 1.93. The number of fused-ring (bicyclic) bond motifs is 1. The molecule has 6 nitrogen and oxygen atoms in total. The van der Waals surface area contributed by atoms with Crippen molar-refractivity contribution in [3.63, 3.8) is 0 Å². The van der Waals surface area contributed by atoms with E-state index < -0.39 is 0 Å². The highest BCUT2D eigenvalue weighted by Crippen LogP contribution is 2.13. The maximum absolute atomic E-state index is 11.8. The Morgan fingerprint density at radius 2 is 2.10 bits per heavy atom. The number of carbonyl (C=O) groups excluding carboxylic acids is 1. The van der Waals surface area contributed by atoms with Crippen molar-refractivity contribution in [1.82, 2.24) is 15.3 Å². The third kappa shape index (κ3) is 4.39. The summed E-state index contributed by atoms with van der Waals surface area (Å²) in [5.74, 6) is 0.643. The summed E-state index contributed by atoms with van der Waals surface area (Å²) >= 11 is 0. The van der Waals surface area contributed by atoms with Crippen molar-refractivity contribution in [2.24, 2.45) is 0 Å². The number of nitrogens with zero attached hydrogens (tertiary/aromatic N) is 3. The number of carbonyl (C=O) groups is 1. The molecule has 0 fully saturated rings. The average molecular weight is 288 g/mol. The van der Waals surface area contributed by atoms with Crippen LogP contribution in [-0.4, -0.2) is 49.7 Å². The van der Waals surface area contributed by atoms with Crippen LogP contribution in [-0.2, 0) is 9.53 Å². The Kier molecular flexibility index (Phi) is 5.45. The van der Waals surface area contributed by atoms with Crippen LogP contribution in [0.2, 0.25) is 0 Å². The molecule has 0 spiro atoms. The first-order valence-electron chi connectivity index (χ1n) is 6.89. The maximum atomic E-state index is 11.8. The van der Waals surface area contributed by atoms with E-state index in [-0.39, 0.29) is 12.5 Å². The van der Waals surface area contributed by atoms with E-state index >= 15 is 0 Å². The van der Waals surface area contributed by atoms with Crippen molar-refractivity contribution in [1.29, 1.82) is 0 Å². The molecule has 0 unspecified atom stereocenters. The fraction of sp³-hybridized carbons (Fsp3) is 0.400. The van der Waals surface area contributed by atoms with E-state index in [0.29, 0.717) is 19.0 Å². The van der Waals surface area contributed by atoms with E-state index in [0.717, 1.165) is 17.5 Å². The van der Waals surface area contributed by atoms with E-state index in [1.165, 1.54) is 0 Å². The number of hydrogen-bond acceptors (Lipinski definition) is 5. The van der Waals surface area contributed by atoms with Crippen molar-refractivity contribution >= 4 is 22.8 Å². The maximum Gasteiger partial charge on any atom is 0.239 e. The molecule has 1 amide bonds. The topological polar surface area (TPSA) is 67.3 Å². The minimum atomic E-state index is -0.0384. The summed E-state index contributed by atoms with van der Waals surface area (Å²) in [6.07, 6.45) is 2.49. The number of nitrogens with one attached hydrogen (secondary N) is 1. The summed E-state index contributed by atoms with van der Waals surface area (Å²) in [6.45, 7) is 1.51. The van der Waals surface area contributed by atoms with Crippen LogP contribution < -0.4 is 10.2 Å². The molecule has 0 atom stereocenters. The van der Waals surface area contributed by atoms with Crippen molar-refractivity contribution in [3.8, 4) is 0 Å². The molecule has 0 bridgehead atoms. The summed E-state index contributed by atoms with van der Waals surface area (Å²) in [4.78, 5) is 22.4. The van der Waals surface area contributed by atoms with Crippen LogP contribution in [0.25, 0.3) is 11.0 Å². The van der Waals surface area contributed by atoms with Gasteiger partial charge in [-0.05, 0) is 18.6 Å². The Balaban J connectivity index is 1.92. The fourth-order valence-electron chi connectivity index (χ4n) is 1.93. The molecule has 1 N–H and O–H groups in total. The monoisotopic (exact) mass is 288 g/mol. The molecule has 0 aliphatic carbocycles. The average Bonchev–Trinajstić information content (AvgIpc) is 2.51. The number of ether oxygens (including phenoxy) is 1. The third-order valence-corrected chi connectivity index (χ3v) is 3.06. The molecular weight excluding hydrogens is 268 g/mol. The number of benzene rings is 1. The summed E-state index contributed by atoms with van der Waals surface area (Å²) in [5, 5.41) is 2.85. The second kappa shape index (κ2) is 7.54.